The monoisotopic (exact) mass is 300 g/mol. The molecule has 0 atom stereocenters. The number of nitrogens with zero attached hydrogens (tertiary/aromatic N) is 3. The summed E-state index contributed by atoms with van der Waals surface area (Å²) in [6.45, 7) is 4.36. The predicted molar refractivity (Wildman–Crippen MR) is 92.2 cm³/mol. The van der Waals surface area contributed by atoms with E-state index in [2.05, 4.69) is 69.6 Å². The van der Waals surface area contributed by atoms with Crippen LogP contribution in [0.4, 0.5) is 0 Å². The highest BCUT2D eigenvalue weighted by Crippen LogP contribution is 2.23. The molecule has 0 bridgehead atoms. The number of fused-ring (bicyclic) bond motifs is 2. The summed E-state index contributed by atoms with van der Waals surface area (Å²) in [4.78, 5) is 11.6. The summed E-state index contributed by atoms with van der Waals surface area (Å²) >= 11 is 0. The third-order valence-corrected chi connectivity index (χ3v) is 3.97. The number of H-pyrrole nitrogens is 1. The van der Waals surface area contributed by atoms with Crippen LogP contribution in [0.5, 0.6) is 0 Å². The van der Waals surface area contributed by atoms with E-state index in [0.717, 1.165) is 22.3 Å². The number of para-hydroxylation sites is 1. The van der Waals surface area contributed by atoms with E-state index in [4.69, 9.17) is 0 Å². The Kier molecular flexibility index (Phi) is 3.13. The first kappa shape index (κ1) is 13.6. The summed E-state index contributed by atoms with van der Waals surface area (Å²) in [5.74, 6) is 6.50. The van der Waals surface area contributed by atoms with Crippen LogP contribution in [0.15, 0.2) is 49.1 Å². The standard InChI is InChI=1S/C19H16N4/c1-13(2)23-11-9-15-5-3-4-14(18(15)23)6-7-17-16-8-10-20-19(16)22-12-21-17/h3-5,8-13H,1-2H3,(H,20,21,22). The lowest BCUT2D eigenvalue weighted by Crippen LogP contribution is -1.99. The van der Waals surface area contributed by atoms with Gasteiger partial charge in [0, 0.05) is 29.4 Å². The zero-order valence-electron chi connectivity index (χ0n) is 13.0. The van der Waals surface area contributed by atoms with Crippen LogP contribution in [0.3, 0.4) is 0 Å². The van der Waals surface area contributed by atoms with E-state index < -0.39 is 0 Å². The fraction of sp³-hybridized carbons (Fsp3) is 0.158. The lowest BCUT2D eigenvalue weighted by atomic mass is 10.1. The van der Waals surface area contributed by atoms with Gasteiger partial charge in [-0.2, -0.15) is 0 Å². The molecule has 1 aromatic carbocycles. The van der Waals surface area contributed by atoms with Crippen LogP contribution < -0.4 is 0 Å². The second-order valence-corrected chi connectivity index (χ2v) is 5.77. The zero-order chi connectivity index (χ0) is 15.8. The summed E-state index contributed by atoms with van der Waals surface area (Å²) in [5, 5.41) is 2.16. The molecule has 0 aliphatic rings. The van der Waals surface area contributed by atoms with Crippen molar-refractivity contribution in [2.24, 2.45) is 0 Å². The minimum atomic E-state index is 0.394. The molecule has 0 unspecified atom stereocenters. The van der Waals surface area contributed by atoms with Crippen LogP contribution in [-0.2, 0) is 0 Å². The van der Waals surface area contributed by atoms with Gasteiger partial charge in [-0.05, 0) is 38.0 Å². The minimum Gasteiger partial charge on any atom is -0.346 e. The van der Waals surface area contributed by atoms with Gasteiger partial charge < -0.3 is 9.55 Å². The Bertz CT molecular complexity index is 1060. The molecule has 112 valence electrons. The highest BCUT2D eigenvalue weighted by atomic mass is 15.0. The number of nitrogens with one attached hydrogen (secondary N) is 1. The fourth-order valence-corrected chi connectivity index (χ4v) is 2.85. The van der Waals surface area contributed by atoms with Gasteiger partial charge in [-0.3, -0.25) is 0 Å². The number of benzene rings is 1. The molecule has 4 rings (SSSR count). The topological polar surface area (TPSA) is 46.5 Å². The number of hydrogen-bond donors (Lipinski definition) is 1. The molecule has 0 aliphatic carbocycles. The number of aromatic nitrogens is 4. The van der Waals surface area contributed by atoms with E-state index in [1.54, 1.807) is 6.33 Å². The van der Waals surface area contributed by atoms with Crippen molar-refractivity contribution in [3.8, 4) is 11.8 Å². The molecule has 0 spiro atoms. The van der Waals surface area contributed by atoms with Gasteiger partial charge in [-0.1, -0.05) is 18.1 Å². The van der Waals surface area contributed by atoms with Gasteiger partial charge in [0.2, 0.25) is 0 Å². The van der Waals surface area contributed by atoms with Crippen LogP contribution in [0.25, 0.3) is 21.9 Å². The van der Waals surface area contributed by atoms with E-state index >= 15 is 0 Å². The average Bonchev–Trinajstić information content (AvgIpc) is 3.19. The molecule has 1 N–H and O–H groups in total. The van der Waals surface area contributed by atoms with Crippen molar-refractivity contribution in [2.45, 2.75) is 19.9 Å². The smallest absolute Gasteiger partial charge is 0.141 e. The second-order valence-electron chi connectivity index (χ2n) is 5.77. The van der Waals surface area contributed by atoms with Crippen molar-refractivity contribution in [3.63, 3.8) is 0 Å². The summed E-state index contributed by atoms with van der Waals surface area (Å²) in [6.07, 6.45) is 5.52. The zero-order valence-corrected chi connectivity index (χ0v) is 13.0. The maximum Gasteiger partial charge on any atom is 0.141 e. The largest absolute Gasteiger partial charge is 0.346 e. The molecule has 23 heavy (non-hydrogen) atoms. The third kappa shape index (κ3) is 2.27. The maximum absolute atomic E-state index is 4.31. The van der Waals surface area contributed by atoms with E-state index in [1.165, 1.54) is 10.9 Å². The molecule has 0 amide bonds. The number of rotatable bonds is 1. The first-order chi connectivity index (χ1) is 11.2. The molecule has 3 heterocycles. The van der Waals surface area contributed by atoms with E-state index in [-0.39, 0.29) is 0 Å². The van der Waals surface area contributed by atoms with Crippen molar-refractivity contribution < 1.29 is 0 Å². The molecule has 4 nitrogen and oxygen atoms in total. The third-order valence-electron chi connectivity index (χ3n) is 3.97. The fourth-order valence-electron chi connectivity index (χ4n) is 2.85. The first-order valence-corrected chi connectivity index (χ1v) is 7.64. The van der Waals surface area contributed by atoms with Crippen molar-refractivity contribution >= 4 is 21.9 Å². The number of aromatic amines is 1. The Balaban J connectivity index is 1.89. The van der Waals surface area contributed by atoms with Crippen LogP contribution >= 0.6 is 0 Å². The van der Waals surface area contributed by atoms with Gasteiger partial charge >= 0.3 is 0 Å². The average molecular weight is 300 g/mol. The van der Waals surface area contributed by atoms with Gasteiger partial charge in [0.25, 0.3) is 0 Å². The molecule has 0 saturated carbocycles. The molecule has 0 radical (unpaired) electrons. The van der Waals surface area contributed by atoms with E-state index in [0.29, 0.717) is 6.04 Å². The summed E-state index contributed by atoms with van der Waals surface area (Å²) in [6, 6.07) is 10.7. The first-order valence-electron chi connectivity index (χ1n) is 7.64. The lowest BCUT2D eigenvalue weighted by Gasteiger charge is -2.10. The Hall–Kier alpha value is -3.06. The molecular formula is C19H16N4. The van der Waals surface area contributed by atoms with Crippen LogP contribution in [0, 0.1) is 11.8 Å². The normalized spacial score (nSPS) is 11.1. The van der Waals surface area contributed by atoms with E-state index in [9.17, 15) is 0 Å². The summed E-state index contributed by atoms with van der Waals surface area (Å²) < 4.78 is 2.26. The Labute approximate surface area is 134 Å². The highest BCUT2D eigenvalue weighted by Gasteiger charge is 2.07. The predicted octanol–water partition coefficient (Wildman–Crippen LogP) is 3.89. The lowest BCUT2D eigenvalue weighted by molar-refractivity contribution is 0.622. The second kappa shape index (κ2) is 5.29. The summed E-state index contributed by atoms with van der Waals surface area (Å²) in [5.41, 5.74) is 3.75. The molecule has 3 aromatic heterocycles. The van der Waals surface area contributed by atoms with E-state index in [1.807, 2.05) is 18.3 Å². The van der Waals surface area contributed by atoms with Crippen LogP contribution in [0.2, 0.25) is 0 Å². The van der Waals surface area contributed by atoms with Crippen molar-refractivity contribution in [1.82, 2.24) is 19.5 Å². The molecule has 0 fully saturated rings. The molecule has 4 aromatic rings. The minimum absolute atomic E-state index is 0.394. The summed E-state index contributed by atoms with van der Waals surface area (Å²) in [7, 11) is 0. The Morgan fingerprint density at radius 2 is 2.00 bits per heavy atom. The van der Waals surface area contributed by atoms with Crippen molar-refractivity contribution in [3.05, 3.63) is 60.3 Å². The molecule has 0 saturated heterocycles. The van der Waals surface area contributed by atoms with Gasteiger partial charge in [0.05, 0.1) is 10.9 Å². The van der Waals surface area contributed by atoms with Crippen molar-refractivity contribution in [2.75, 3.05) is 0 Å². The number of hydrogen-bond acceptors (Lipinski definition) is 2. The van der Waals surface area contributed by atoms with Crippen LogP contribution in [0.1, 0.15) is 31.1 Å². The quantitative estimate of drug-likeness (QED) is 0.542. The molecule has 0 aliphatic heterocycles. The highest BCUT2D eigenvalue weighted by molar-refractivity contribution is 5.87. The molecule has 4 heteroatoms. The molecular weight excluding hydrogens is 284 g/mol. The van der Waals surface area contributed by atoms with Gasteiger partial charge in [-0.25, -0.2) is 9.97 Å². The maximum atomic E-state index is 4.31. The van der Waals surface area contributed by atoms with Gasteiger partial charge in [-0.15, -0.1) is 0 Å². The van der Waals surface area contributed by atoms with Crippen molar-refractivity contribution in [1.29, 1.82) is 0 Å². The van der Waals surface area contributed by atoms with Gasteiger partial charge in [0.1, 0.15) is 17.7 Å². The van der Waals surface area contributed by atoms with Gasteiger partial charge in [0.15, 0.2) is 0 Å². The van der Waals surface area contributed by atoms with Crippen LogP contribution in [-0.4, -0.2) is 19.5 Å². The SMILES string of the molecule is CC(C)n1ccc2cccc(C#Cc3ncnc4[nH]ccc34)c21. The Morgan fingerprint density at radius 3 is 2.87 bits per heavy atom. The Morgan fingerprint density at radius 1 is 1.09 bits per heavy atom.